The highest BCUT2D eigenvalue weighted by Gasteiger charge is 2.29. The number of aliphatic hydroxyl groups is 1. The Morgan fingerprint density at radius 2 is 2.00 bits per heavy atom. The van der Waals surface area contributed by atoms with E-state index in [0.29, 0.717) is 12.1 Å². The topological polar surface area (TPSA) is 57.6 Å². The quantitative estimate of drug-likeness (QED) is 0.837. The van der Waals surface area contributed by atoms with Crippen LogP contribution in [0.3, 0.4) is 0 Å². The SMILES string of the molecule is O=C(CC1CCCN1C(=O)CO)c1ccc(F)cc1. The predicted molar refractivity (Wildman–Crippen MR) is 67.2 cm³/mol. The third-order valence-electron chi connectivity index (χ3n) is 3.42. The maximum absolute atomic E-state index is 12.8. The Kier molecular flexibility index (Phi) is 4.27. The molecule has 1 unspecified atom stereocenters. The lowest BCUT2D eigenvalue weighted by Gasteiger charge is -2.23. The summed E-state index contributed by atoms with van der Waals surface area (Å²) in [7, 11) is 0. The van der Waals surface area contributed by atoms with Gasteiger partial charge in [0.25, 0.3) is 0 Å². The molecule has 1 saturated heterocycles. The molecule has 1 aromatic carbocycles. The number of amides is 1. The van der Waals surface area contributed by atoms with E-state index in [4.69, 9.17) is 5.11 Å². The number of carbonyl (C=O) groups excluding carboxylic acids is 2. The molecule has 5 heteroatoms. The van der Waals surface area contributed by atoms with Crippen molar-refractivity contribution in [2.75, 3.05) is 13.2 Å². The first-order valence-corrected chi connectivity index (χ1v) is 6.31. The standard InChI is InChI=1S/C14H16FNO3/c15-11-5-3-10(4-6-11)13(18)8-12-2-1-7-16(12)14(19)9-17/h3-6,12,17H,1-2,7-9H2. The van der Waals surface area contributed by atoms with Crippen LogP contribution in [0.25, 0.3) is 0 Å². The molecule has 0 bridgehead atoms. The van der Waals surface area contributed by atoms with Crippen molar-refractivity contribution in [1.82, 2.24) is 4.90 Å². The Morgan fingerprint density at radius 1 is 1.32 bits per heavy atom. The zero-order valence-electron chi connectivity index (χ0n) is 10.5. The van der Waals surface area contributed by atoms with Gasteiger partial charge >= 0.3 is 0 Å². The first kappa shape index (κ1) is 13.7. The van der Waals surface area contributed by atoms with Crippen LogP contribution in [-0.4, -0.2) is 40.9 Å². The average Bonchev–Trinajstić information content (AvgIpc) is 2.86. The molecule has 1 aromatic rings. The second-order valence-corrected chi connectivity index (χ2v) is 4.68. The fourth-order valence-corrected chi connectivity index (χ4v) is 2.43. The highest BCUT2D eigenvalue weighted by atomic mass is 19.1. The molecular formula is C14H16FNO3. The smallest absolute Gasteiger partial charge is 0.248 e. The summed E-state index contributed by atoms with van der Waals surface area (Å²) < 4.78 is 12.8. The number of aliphatic hydroxyl groups excluding tert-OH is 1. The number of rotatable bonds is 4. The maximum Gasteiger partial charge on any atom is 0.248 e. The summed E-state index contributed by atoms with van der Waals surface area (Å²) in [5.74, 6) is -0.827. The number of nitrogens with zero attached hydrogens (tertiary/aromatic N) is 1. The second kappa shape index (κ2) is 5.93. The molecule has 1 N–H and O–H groups in total. The van der Waals surface area contributed by atoms with Crippen LogP contribution in [0.15, 0.2) is 24.3 Å². The van der Waals surface area contributed by atoms with Crippen molar-refractivity contribution in [1.29, 1.82) is 0 Å². The van der Waals surface area contributed by atoms with E-state index < -0.39 is 6.61 Å². The number of halogens is 1. The van der Waals surface area contributed by atoms with Gasteiger partial charge in [-0.15, -0.1) is 0 Å². The van der Waals surface area contributed by atoms with Crippen molar-refractivity contribution < 1.29 is 19.1 Å². The van der Waals surface area contributed by atoms with E-state index in [2.05, 4.69) is 0 Å². The fourth-order valence-electron chi connectivity index (χ4n) is 2.43. The van der Waals surface area contributed by atoms with Crippen LogP contribution in [0.4, 0.5) is 4.39 Å². The third kappa shape index (κ3) is 3.17. The molecule has 0 saturated carbocycles. The minimum atomic E-state index is -0.527. The van der Waals surface area contributed by atoms with Crippen molar-refractivity contribution in [3.8, 4) is 0 Å². The van der Waals surface area contributed by atoms with Gasteiger partial charge in [0.15, 0.2) is 5.78 Å². The molecule has 102 valence electrons. The third-order valence-corrected chi connectivity index (χ3v) is 3.42. The van der Waals surface area contributed by atoms with E-state index in [-0.39, 0.29) is 30.0 Å². The first-order chi connectivity index (χ1) is 9.11. The lowest BCUT2D eigenvalue weighted by atomic mass is 10.0. The van der Waals surface area contributed by atoms with Crippen LogP contribution in [0, 0.1) is 5.82 Å². The fraction of sp³-hybridized carbons (Fsp3) is 0.429. The van der Waals surface area contributed by atoms with Crippen LogP contribution in [0.2, 0.25) is 0 Å². The second-order valence-electron chi connectivity index (χ2n) is 4.68. The van der Waals surface area contributed by atoms with Crippen molar-refractivity contribution >= 4 is 11.7 Å². The summed E-state index contributed by atoms with van der Waals surface area (Å²) in [5, 5.41) is 8.88. The molecule has 1 aliphatic rings. The summed E-state index contributed by atoms with van der Waals surface area (Å²) in [4.78, 5) is 25.1. The van der Waals surface area contributed by atoms with Gasteiger partial charge < -0.3 is 10.0 Å². The Bertz CT molecular complexity index is 472. The first-order valence-electron chi connectivity index (χ1n) is 6.31. The van der Waals surface area contributed by atoms with Crippen molar-refractivity contribution in [2.45, 2.75) is 25.3 Å². The molecule has 0 aromatic heterocycles. The van der Waals surface area contributed by atoms with Crippen LogP contribution in [0.1, 0.15) is 29.6 Å². The summed E-state index contributed by atoms with van der Waals surface area (Å²) in [6.07, 6.45) is 1.82. The Labute approximate surface area is 110 Å². The number of hydrogen-bond acceptors (Lipinski definition) is 3. The van der Waals surface area contributed by atoms with Crippen LogP contribution in [-0.2, 0) is 4.79 Å². The van der Waals surface area contributed by atoms with Gasteiger partial charge in [-0.3, -0.25) is 9.59 Å². The lowest BCUT2D eigenvalue weighted by Crippen LogP contribution is -2.38. The van der Waals surface area contributed by atoms with Gasteiger partial charge in [0.2, 0.25) is 5.91 Å². The van der Waals surface area contributed by atoms with E-state index in [0.717, 1.165) is 12.8 Å². The molecular weight excluding hydrogens is 249 g/mol. The van der Waals surface area contributed by atoms with Gasteiger partial charge in [0.1, 0.15) is 12.4 Å². The normalized spacial score (nSPS) is 18.6. The van der Waals surface area contributed by atoms with Crippen LogP contribution in [0.5, 0.6) is 0 Å². The van der Waals surface area contributed by atoms with E-state index in [1.54, 1.807) is 4.90 Å². The average molecular weight is 265 g/mol. The summed E-state index contributed by atoms with van der Waals surface area (Å²) in [5.41, 5.74) is 0.449. The van der Waals surface area contributed by atoms with Crippen molar-refractivity contribution in [2.24, 2.45) is 0 Å². The molecule has 19 heavy (non-hydrogen) atoms. The Morgan fingerprint density at radius 3 is 2.63 bits per heavy atom. The van der Waals surface area contributed by atoms with E-state index in [1.807, 2.05) is 0 Å². The molecule has 2 rings (SSSR count). The Hall–Kier alpha value is -1.75. The Balaban J connectivity index is 2.02. The number of Topliss-reactive ketones (excluding diaryl/α,β-unsaturated/α-hetero) is 1. The molecule has 0 radical (unpaired) electrons. The molecule has 1 fully saturated rings. The van der Waals surface area contributed by atoms with Gasteiger partial charge in [-0.1, -0.05) is 0 Å². The summed E-state index contributed by atoms with van der Waals surface area (Å²) in [6, 6.07) is 5.24. The molecule has 4 nitrogen and oxygen atoms in total. The minimum absolute atomic E-state index is 0.109. The lowest BCUT2D eigenvalue weighted by molar-refractivity contribution is -0.134. The zero-order chi connectivity index (χ0) is 13.8. The van der Waals surface area contributed by atoms with Gasteiger partial charge in [-0.25, -0.2) is 4.39 Å². The van der Waals surface area contributed by atoms with Gasteiger partial charge in [0.05, 0.1) is 0 Å². The molecule has 0 spiro atoms. The van der Waals surface area contributed by atoms with Crippen molar-refractivity contribution in [3.05, 3.63) is 35.6 Å². The number of ketones is 1. The number of hydrogen-bond donors (Lipinski definition) is 1. The van der Waals surface area contributed by atoms with E-state index >= 15 is 0 Å². The van der Waals surface area contributed by atoms with Crippen LogP contribution >= 0.6 is 0 Å². The molecule has 1 heterocycles. The molecule has 1 aliphatic heterocycles. The maximum atomic E-state index is 12.8. The largest absolute Gasteiger partial charge is 0.387 e. The number of carbonyl (C=O) groups is 2. The summed E-state index contributed by atoms with van der Waals surface area (Å²) in [6.45, 7) is 0.0575. The van der Waals surface area contributed by atoms with Crippen molar-refractivity contribution in [3.63, 3.8) is 0 Å². The minimum Gasteiger partial charge on any atom is -0.387 e. The van der Waals surface area contributed by atoms with Gasteiger partial charge in [0, 0.05) is 24.6 Å². The number of likely N-dealkylation sites (tertiary alicyclic amines) is 1. The highest BCUT2D eigenvalue weighted by molar-refractivity contribution is 5.96. The molecule has 1 atom stereocenters. The predicted octanol–water partition coefficient (Wildman–Crippen LogP) is 1.38. The number of benzene rings is 1. The monoisotopic (exact) mass is 265 g/mol. The molecule has 1 amide bonds. The van der Waals surface area contributed by atoms with Gasteiger partial charge in [-0.2, -0.15) is 0 Å². The van der Waals surface area contributed by atoms with Gasteiger partial charge in [-0.05, 0) is 37.1 Å². The highest BCUT2D eigenvalue weighted by Crippen LogP contribution is 2.22. The van der Waals surface area contributed by atoms with Crippen LogP contribution < -0.4 is 0 Å². The van der Waals surface area contributed by atoms with E-state index in [9.17, 15) is 14.0 Å². The summed E-state index contributed by atoms with van der Waals surface area (Å²) >= 11 is 0. The zero-order valence-corrected chi connectivity index (χ0v) is 10.5. The van der Waals surface area contributed by atoms with E-state index in [1.165, 1.54) is 24.3 Å². The molecule has 0 aliphatic carbocycles.